The number of nitrogens with one attached hydrogen (secondary N) is 1. The SMILES string of the molecule is O=C(O)Cc1c(Cl)n[nH]c1C(F)(F)F. The topological polar surface area (TPSA) is 66.0 Å². The zero-order chi connectivity index (χ0) is 10.9. The zero-order valence-electron chi connectivity index (χ0n) is 6.52. The van der Waals surface area contributed by atoms with Gasteiger partial charge in [-0.2, -0.15) is 18.3 Å². The molecule has 0 fully saturated rings. The minimum absolute atomic E-state index is 0.472. The number of carboxylic acid groups (broad SMARTS) is 1. The average molecular weight is 229 g/mol. The van der Waals surface area contributed by atoms with E-state index in [0.717, 1.165) is 0 Å². The van der Waals surface area contributed by atoms with E-state index >= 15 is 0 Å². The summed E-state index contributed by atoms with van der Waals surface area (Å²) in [6.07, 6.45) is -5.49. The Morgan fingerprint density at radius 2 is 2.14 bits per heavy atom. The maximum absolute atomic E-state index is 12.2. The summed E-state index contributed by atoms with van der Waals surface area (Å²) in [7, 11) is 0. The van der Waals surface area contributed by atoms with E-state index in [1.807, 2.05) is 0 Å². The van der Waals surface area contributed by atoms with Gasteiger partial charge < -0.3 is 5.11 Å². The van der Waals surface area contributed by atoms with E-state index in [9.17, 15) is 18.0 Å². The molecule has 4 nitrogen and oxygen atoms in total. The molecule has 8 heteroatoms. The molecular weight excluding hydrogens is 225 g/mol. The number of rotatable bonds is 2. The van der Waals surface area contributed by atoms with Gasteiger partial charge >= 0.3 is 12.1 Å². The van der Waals surface area contributed by atoms with E-state index in [1.165, 1.54) is 0 Å². The van der Waals surface area contributed by atoms with E-state index in [0.29, 0.717) is 0 Å². The standard InChI is InChI=1S/C6H4ClF3N2O2/c7-5-2(1-3(13)14)4(11-12-5)6(8,9)10/h1H2,(H,11,12)(H,13,14). The number of carbonyl (C=O) groups is 1. The number of hydrogen-bond donors (Lipinski definition) is 2. The summed E-state index contributed by atoms with van der Waals surface area (Å²) in [6.45, 7) is 0. The van der Waals surface area contributed by atoms with Gasteiger partial charge in [0.25, 0.3) is 0 Å². The third kappa shape index (κ3) is 2.16. The Hall–Kier alpha value is -1.24. The average Bonchev–Trinajstić information content (AvgIpc) is 2.30. The van der Waals surface area contributed by atoms with E-state index in [2.05, 4.69) is 5.10 Å². The van der Waals surface area contributed by atoms with Crippen LogP contribution in [0.1, 0.15) is 11.3 Å². The van der Waals surface area contributed by atoms with Crippen LogP contribution in [0.25, 0.3) is 0 Å². The van der Waals surface area contributed by atoms with Gasteiger partial charge in [0.15, 0.2) is 5.15 Å². The van der Waals surface area contributed by atoms with Crippen LogP contribution in [0.15, 0.2) is 0 Å². The molecule has 14 heavy (non-hydrogen) atoms. The Balaban J connectivity index is 3.13. The minimum Gasteiger partial charge on any atom is -0.481 e. The molecule has 1 heterocycles. The third-order valence-corrected chi connectivity index (χ3v) is 1.74. The van der Waals surface area contributed by atoms with Crippen molar-refractivity contribution in [1.82, 2.24) is 10.2 Å². The van der Waals surface area contributed by atoms with Crippen LogP contribution < -0.4 is 0 Å². The summed E-state index contributed by atoms with van der Waals surface area (Å²) >= 11 is 5.29. The van der Waals surface area contributed by atoms with Gasteiger partial charge in [-0.05, 0) is 0 Å². The summed E-state index contributed by atoms with van der Waals surface area (Å²) in [6, 6.07) is 0. The number of nitrogens with zero attached hydrogens (tertiary/aromatic N) is 1. The van der Waals surface area contributed by atoms with Gasteiger partial charge in [0.2, 0.25) is 0 Å². The molecule has 1 aromatic heterocycles. The Morgan fingerprint density at radius 3 is 2.57 bits per heavy atom. The first-order chi connectivity index (χ1) is 6.32. The van der Waals surface area contributed by atoms with Crippen molar-refractivity contribution in [3.63, 3.8) is 0 Å². The lowest BCUT2D eigenvalue weighted by Gasteiger charge is -2.04. The second kappa shape index (κ2) is 3.49. The highest BCUT2D eigenvalue weighted by Crippen LogP contribution is 2.33. The quantitative estimate of drug-likeness (QED) is 0.810. The maximum Gasteiger partial charge on any atom is 0.433 e. The molecular formula is C6H4ClF3N2O2. The first-order valence-electron chi connectivity index (χ1n) is 3.34. The lowest BCUT2D eigenvalue weighted by Crippen LogP contribution is -2.11. The van der Waals surface area contributed by atoms with Crippen LogP contribution in [0.2, 0.25) is 5.15 Å². The van der Waals surface area contributed by atoms with E-state index in [-0.39, 0.29) is 0 Å². The van der Waals surface area contributed by atoms with Crippen molar-refractivity contribution < 1.29 is 23.1 Å². The van der Waals surface area contributed by atoms with Gasteiger partial charge in [-0.25, -0.2) is 0 Å². The lowest BCUT2D eigenvalue weighted by molar-refractivity contribution is -0.142. The minimum atomic E-state index is -4.68. The number of carboxylic acids is 1. The van der Waals surface area contributed by atoms with Crippen LogP contribution in [-0.4, -0.2) is 21.3 Å². The first kappa shape index (κ1) is 10.8. The van der Waals surface area contributed by atoms with Crippen molar-refractivity contribution in [2.24, 2.45) is 0 Å². The highest BCUT2D eigenvalue weighted by Gasteiger charge is 2.37. The van der Waals surface area contributed by atoms with E-state index < -0.39 is 35.0 Å². The fourth-order valence-electron chi connectivity index (χ4n) is 0.890. The molecule has 0 aliphatic carbocycles. The van der Waals surface area contributed by atoms with Crippen molar-refractivity contribution in [3.05, 3.63) is 16.4 Å². The van der Waals surface area contributed by atoms with Crippen molar-refractivity contribution in [1.29, 1.82) is 0 Å². The van der Waals surface area contributed by atoms with E-state index in [4.69, 9.17) is 16.7 Å². The Bertz CT molecular complexity index is 360. The second-order valence-corrected chi connectivity index (χ2v) is 2.79. The smallest absolute Gasteiger partial charge is 0.433 e. The Labute approximate surface area is 80.7 Å². The summed E-state index contributed by atoms with van der Waals surface area (Å²) in [5.41, 5.74) is -1.77. The Kier molecular flexibility index (Phi) is 2.70. The molecule has 1 aromatic rings. The second-order valence-electron chi connectivity index (χ2n) is 2.44. The lowest BCUT2D eigenvalue weighted by atomic mass is 10.2. The van der Waals surface area contributed by atoms with Gasteiger partial charge in [-0.3, -0.25) is 9.89 Å². The molecule has 0 unspecified atom stereocenters. The highest BCUT2D eigenvalue weighted by atomic mass is 35.5. The molecule has 0 atom stereocenters. The third-order valence-electron chi connectivity index (χ3n) is 1.43. The van der Waals surface area contributed by atoms with Crippen molar-refractivity contribution >= 4 is 17.6 Å². The van der Waals surface area contributed by atoms with Crippen molar-refractivity contribution in [2.75, 3.05) is 0 Å². The number of H-pyrrole nitrogens is 1. The summed E-state index contributed by atoms with van der Waals surface area (Å²) in [4.78, 5) is 10.2. The predicted octanol–water partition coefficient (Wildman–Crippen LogP) is 1.71. The molecule has 1 rings (SSSR count). The molecule has 0 spiro atoms. The molecule has 0 aromatic carbocycles. The molecule has 0 aliphatic heterocycles. The molecule has 0 aliphatic rings. The van der Waals surface area contributed by atoms with Crippen LogP contribution in [0, 0.1) is 0 Å². The van der Waals surface area contributed by atoms with Crippen LogP contribution >= 0.6 is 11.6 Å². The Morgan fingerprint density at radius 1 is 1.57 bits per heavy atom. The fraction of sp³-hybridized carbons (Fsp3) is 0.333. The zero-order valence-corrected chi connectivity index (χ0v) is 7.28. The number of aliphatic carboxylic acids is 1. The van der Waals surface area contributed by atoms with Crippen LogP contribution in [0.5, 0.6) is 0 Å². The molecule has 0 bridgehead atoms. The van der Waals surface area contributed by atoms with Gasteiger partial charge in [-0.15, -0.1) is 0 Å². The molecule has 0 saturated heterocycles. The highest BCUT2D eigenvalue weighted by molar-refractivity contribution is 6.30. The van der Waals surface area contributed by atoms with Crippen LogP contribution in [0.4, 0.5) is 13.2 Å². The first-order valence-corrected chi connectivity index (χ1v) is 3.72. The van der Waals surface area contributed by atoms with E-state index in [1.54, 1.807) is 5.10 Å². The molecule has 2 N–H and O–H groups in total. The van der Waals surface area contributed by atoms with Gasteiger partial charge in [0.05, 0.1) is 6.42 Å². The fourth-order valence-corrected chi connectivity index (χ4v) is 1.09. The summed E-state index contributed by atoms with van der Waals surface area (Å²) in [5.74, 6) is -1.40. The molecule has 0 radical (unpaired) electrons. The predicted molar refractivity (Wildman–Crippen MR) is 39.9 cm³/mol. The number of hydrogen-bond acceptors (Lipinski definition) is 2. The van der Waals surface area contributed by atoms with Gasteiger partial charge in [0.1, 0.15) is 5.69 Å². The largest absolute Gasteiger partial charge is 0.481 e. The maximum atomic E-state index is 12.2. The van der Waals surface area contributed by atoms with Crippen molar-refractivity contribution in [2.45, 2.75) is 12.6 Å². The number of alkyl halides is 3. The summed E-state index contributed by atoms with van der Waals surface area (Å²) < 4.78 is 36.6. The van der Waals surface area contributed by atoms with Gasteiger partial charge in [-0.1, -0.05) is 11.6 Å². The number of aromatic amines is 1. The van der Waals surface area contributed by atoms with Gasteiger partial charge in [0, 0.05) is 5.56 Å². The van der Waals surface area contributed by atoms with Crippen LogP contribution in [0.3, 0.4) is 0 Å². The summed E-state index contributed by atoms with van der Waals surface area (Å²) in [5, 5.41) is 12.6. The molecule has 78 valence electrons. The normalized spacial score (nSPS) is 11.7. The van der Waals surface area contributed by atoms with Crippen LogP contribution in [-0.2, 0) is 17.4 Å². The molecule has 0 amide bonds. The molecule has 0 saturated carbocycles. The van der Waals surface area contributed by atoms with Crippen molar-refractivity contribution in [3.8, 4) is 0 Å². The monoisotopic (exact) mass is 228 g/mol. The number of halogens is 4. The number of aromatic nitrogens is 2.